The van der Waals surface area contributed by atoms with Gasteiger partial charge in [-0.05, 0) is 69.0 Å². The van der Waals surface area contributed by atoms with Gasteiger partial charge in [0.15, 0.2) is 0 Å². The minimum Gasteiger partial charge on any atom is -0.383 e. The Morgan fingerprint density at radius 1 is 0.809 bits per heavy atom. The van der Waals surface area contributed by atoms with Crippen molar-refractivity contribution in [2.75, 3.05) is 17.7 Å². The highest BCUT2D eigenvalue weighted by atomic mass is 79.9. The van der Waals surface area contributed by atoms with E-state index in [0.29, 0.717) is 27.2 Å². The summed E-state index contributed by atoms with van der Waals surface area (Å²) >= 11 is 6.76. The van der Waals surface area contributed by atoms with Crippen LogP contribution in [0, 0.1) is 0 Å². The molecule has 6 aromatic rings. The molecule has 1 unspecified atom stereocenters. The number of hydrogen-bond donors (Lipinski definition) is 3. The molecule has 0 saturated carbocycles. The third kappa shape index (κ3) is 9.79. The zero-order chi connectivity index (χ0) is 33.8. The highest BCUT2D eigenvalue weighted by Crippen LogP contribution is 2.25. The topological polar surface area (TPSA) is 193 Å². The molecule has 47 heavy (non-hydrogen) atoms. The second-order valence-electron chi connectivity index (χ2n) is 9.87. The molecule has 0 aliphatic carbocycles. The van der Waals surface area contributed by atoms with E-state index in [9.17, 15) is 4.21 Å². The first-order valence-corrected chi connectivity index (χ1v) is 17.7. The number of aromatic nitrogens is 10. The molecule has 5 N–H and O–H groups in total. The monoisotopic (exact) mass is 780 g/mol. The van der Waals surface area contributed by atoms with Gasteiger partial charge >= 0.3 is 0 Å². The second kappa shape index (κ2) is 17.5. The van der Waals surface area contributed by atoms with Crippen molar-refractivity contribution in [3.05, 3.63) is 93.9 Å². The fourth-order valence-corrected chi connectivity index (χ4v) is 5.26. The van der Waals surface area contributed by atoms with Gasteiger partial charge in [0.05, 0.1) is 54.9 Å². The summed E-state index contributed by atoms with van der Waals surface area (Å²) in [5.74, 6) is 1.24. The Morgan fingerprint density at radius 3 is 1.94 bits per heavy atom. The van der Waals surface area contributed by atoms with Gasteiger partial charge in [0.2, 0.25) is 5.16 Å². The quantitative estimate of drug-likeness (QED) is 0.153. The molecule has 0 amide bonds. The van der Waals surface area contributed by atoms with Gasteiger partial charge < -0.3 is 11.5 Å². The lowest BCUT2D eigenvalue weighted by atomic mass is 10.2. The smallest absolute Gasteiger partial charge is 0.252 e. The van der Waals surface area contributed by atoms with E-state index < -0.39 is 10.8 Å². The van der Waals surface area contributed by atoms with E-state index >= 15 is 0 Å². The maximum atomic E-state index is 11.2. The van der Waals surface area contributed by atoms with Crippen molar-refractivity contribution < 1.29 is 4.21 Å². The van der Waals surface area contributed by atoms with E-state index in [1.165, 1.54) is 0 Å². The molecule has 0 saturated heterocycles. The van der Waals surface area contributed by atoms with E-state index in [1.54, 1.807) is 35.7 Å². The lowest BCUT2D eigenvalue weighted by molar-refractivity contribution is 0.677. The summed E-state index contributed by atoms with van der Waals surface area (Å²) in [7, 11) is -1.18. The molecule has 0 aliphatic heterocycles. The molecule has 1 atom stereocenters. The third-order valence-electron chi connectivity index (χ3n) is 6.30. The van der Waals surface area contributed by atoms with Gasteiger partial charge in [-0.15, -0.1) is 0 Å². The summed E-state index contributed by atoms with van der Waals surface area (Å²) in [5.41, 5.74) is 17.0. The van der Waals surface area contributed by atoms with Crippen LogP contribution >= 0.6 is 31.9 Å². The van der Waals surface area contributed by atoms with Crippen LogP contribution in [0.1, 0.15) is 38.1 Å². The van der Waals surface area contributed by atoms with Crippen LogP contribution < -0.4 is 11.5 Å². The van der Waals surface area contributed by atoms with Crippen LogP contribution in [0.2, 0.25) is 0 Å². The van der Waals surface area contributed by atoms with E-state index in [0.717, 1.165) is 64.1 Å². The summed E-state index contributed by atoms with van der Waals surface area (Å²) in [4.78, 5) is 25.4. The van der Waals surface area contributed by atoms with E-state index in [4.69, 9.17) is 11.5 Å². The third-order valence-corrected chi connectivity index (χ3v) is 8.72. The first kappa shape index (κ1) is 35.4. The number of nitrogen functional groups attached to an aromatic ring is 2. The number of anilines is 2. The molecule has 6 heterocycles. The van der Waals surface area contributed by atoms with Gasteiger partial charge in [-0.25, -0.2) is 19.6 Å². The first-order chi connectivity index (χ1) is 22.7. The number of aryl methyl sites for hydroxylation is 2. The number of H-pyrrole nitrogens is 1. The highest BCUT2D eigenvalue weighted by Gasteiger charge is 2.13. The minimum absolute atomic E-state index is 0.300. The molecule has 16 heteroatoms. The highest BCUT2D eigenvalue weighted by molar-refractivity contribution is 9.11. The largest absolute Gasteiger partial charge is 0.383 e. The Balaban J connectivity index is 0.000000172. The average Bonchev–Trinajstić information content (AvgIpc) is 3.81. The van der Waals surface area contributed by atoms with Gasteiger partial charge in [-0.3, -0.25) is 19.3 Å². The molecule has 244 valence electrons. The molecule has 0 aliphatic rings. The number of pyridine rings is 2. The lowest BCUT2D eigenvalue weighted by Gasteiger charge is -2.07. The lowest BCUT2D eigenvalue weighted by Crippen LogP contribution is -2.08. The number of nitrogens with two attached hydrogens (primary N) is 2. The Hall–Kier alpha value is -4.41. The summed E-state index contributed by atoms with van der Waals surface area (Å²) in [6.45, 7) is 4.14. The minimum atomic E-state index is -1.18. The summed E-state index contributed by atoms with van der Waals surface area (Å²) < 4.78 is 14.3. The van der Waals surface area contributed by atoms with Crippen LogP contribution in [0.5, 0.6) is 0 Å². The Kier molecular flexibility index (Phi) is 13.2. The van der Waals surface area contributed by atoms with Gasteiger partial charge in [0, 0.05) is 42.2 Å². The number of rotatable bonds is 8. The van der Waals surface area contributed by atoms with E-state index in [1.807, 2.05) is 55.7 Å². The van der Waals surface area contributed by atoms with Crippen molar-refractivity contribution >= 4 is 54.3 Å². The van der Waals surface area contributed by atoms with Crippen molar-refractivity contribution in [1.82, 2.24) is 49.9 Å². The molecule has 0 spiro atoms. The zero-order valence-electron chi connectivity index (χ0n) is 26.0. The summed E-state index contributed by atoms with van der Waals surface area (Å²) in [5, 5.41) is 11.2. The number of nitrogens with zero attached hydrogens (tertiary/aromatic N) is 9. The van der Waals surface area contributed by atoms with Crippen molar-refractivity contribution in [1.29, 1.82) is 0 Å². The Labute approximate surface area is 291 Å². The SMILES string of the molecule is CCCc1nc(-n2cc(-c3ccccn3)cn2)nc(N)c1Br.CCCc1nc(S(C)=O)nc(N)c1Br.c1ccc(-c2cn[nH]c2)nc1. The summed E-state index contributed by atoms with van der Waals surface area (Å²) in [6.07, 6.45) is 15.8. The first-order valence-electron chi connectivity index (χ1n) is 14.6. The average molecular weight is 783 g/mol. The van der Waals surface area contributed by atoms with Crippen molar-refractivity contribution in [2.45, 2.75) is 44.7 Å². The van der Waals surface area contributed by atoms with Gasteiger partial charge in [0.25, 0.3) is 5.95 Å². The van der Waals surface area contributed by atoms with Crippen molar-refractivity contribution in [2.24, 2.45) is 0 Å². The predicted octanol–water partition coefficient (Wildman–Crippen LogP) is 6.00. The zero-order valence-corrected chi connectivity index (χ0v) is 30.0. The molecule has 0 radical (unpaired) electrons. The number of hydrogen-bond acceptors (Lipinski definition) is 11. The van der Waals surface area contributed by atoms with Crippen LogP contribution in [0.4, 0.5) is 11.6 Å². The fourth-order valence-electron chi connectivity index (χ4n) is 4.05. The normalized spacial score (nSPS) is 11.2. The molecular formula is C31H34Br2N12OS. The van der Waals surface area contributed by atoms with Crippen LogP contribution in [0.15, 0.2) is 87.7 Å². The van der Waals surface area contributed by atoms with Crippen molar-refractivity contribution in [3.63, 3.8) is 0 Å². The van der Waals surface area contributed by atoms with Crippen LogP contribution in [0.3, 0.4) is 0 Å². The maximum absolute atomic E-state index is 11.2. The number of halogens is 2. The van der Waals surface area contributed by atoms with Crippen molar-refractivity contribution in [3.8, 4) is 28.5 Å². The molecular weight excluding hydrogens is 748 g/mol. The molecule has 6 rings (SSSR count). The van der Waals surface area contributed by atoms with Crippen LogP contribution in [-0.2, 0) is 23.6 Å². The summed E-state index contributed by atoms with van der Waals surface area (Å²) in [6, 6.07) is 11.5. The molecule has 0 aromatic carbocycles. The van der Waals surface area contributed by atoms with E-state index in [-0.39, 0.29) is 0 Å². The maximum Gasteiger partial charge on any atom is 0.252 e. The molecule has 6 aromatic heterocycles. The van der Waals surface area contributed by atoms with Crippen LogP contribution in [-0.4, -0.2) is 60.3 Å². The molecule has 0 bridgehead atoms. The second-order valence-corrected chi connectivity index (χ2v) is 12.7. The number of nitrogens with one attached hydrogen (secondary N) is 1. The Bertz CT molecular complexity index is 1890. The van der Waals surface area contributed by atoms with Gasteiger partial charge in [-0.2, -0.15) is 15.2 Å². The number of aromatic amines is 1. The predicted molar refractivity (Wildman–Crippen MR) is 191 cm³/mol. The fraction of sp³-hybridized carbons (Fsp3) is 0.226. The molecule has 0 fully saturated rings. The standard InChI is InChI=1S/C15H15BrN6.C8H12BrN3OS.C8H7N3/c1-2-5-12-13(16)14(17)21-15(20-12)22-9-10(8-19-22)11-6-3-4-7-18-11;1-3-4-5-6(9)7(10)12-8(11-5)14(2)13;1-2-4-9-8(3-1)7-5-10-11-6-7/h3-4,6-9H,2,5H2,1H3,(H2,17,20,21);3-4H2,1-2H3,(H2,10,11,12);1-6H,(H,10,11). The van der Waals surface area contributed by atoms with E-state index in [2.05, 4.69) is 84.0 Å². The van der Waals surface area contributed by atoms with Gasteiger partial charge in [0.1, 0.15) is 11.6 Å². The van der Waals surface area contributed by atoms with Crippen LogP contribution in [0.25, 0.3) is 28.5 Å². The Morgan fingerprint density at radius 2 is 1.40 bits per heavy atom. The van der Waals surface area contributed by atoms with Gasteiger partial charge in [-0.1, -0.05) is 38.8 Å². The molecule has 13 nitrogen and oxygen atoms in total.